The van der Waals surface area contributed by atoms with Gasteiger partial charge in [0.25, 0.3) is 0 Å². The summed E-state index contributed by atoms with van der Waals surface area (Å²) in [6.07, 6.45) is -3.49. The minimum Gasteiger partial charge on any atom is -0.410 e. The van der Waals surface area contributed by atoms with Crippen LogP contribution in [0.3, 0.4) is 0 Å². The van der Waals surface area contributed by atoms with Gasteiger partial charge in [0.15, 0.2) is 8.32 Å². The number of hydrogen-bond donors (Lipinski definition) is 0. The van der Waals surface area contributed by atoms with E-state index in [1.807, 2.05) is 12.1 Å². The van der Waals surface area contributed by atoms with Gasteiger partial charge in [-0.15, -0.1) is 0 Å². The molecule has 0 aliphatic carbocycles. The van der Waals surface area contributed by atoms with Gasteiger partial charge in [-0.1, -0.05) is 52.0 Å². The van der Waals surface area contributed by atoms with Crippen LogP contribution in [0.1, 0.15) is 56.9 Å². The molecule has 0 aliphatic rings. The molecule has 0 N–H and O–H groups in total. The maximum absolute atomic E-state index is 12.8. The molecule has 1 nitrogen and oxygen atoms in total. The molecule has 28 heavy (non-hydrogen) atoms. The summed E-state index contributed by atoms with van der Waals surface area (Å²) in [4.78, 5) is 0. The van der Waals surface area contributed by atoms with Crippen molar-refractivity contribution >= 4 is 8.32 Å². The van der Waals surface area contributed by atoms with Crippen LogP contribution >= 0.6 is 0 Å². The van der Waals surface area contributed by atoms with E-state index in [9.17, 15) is 13.2 Å². The number of aryl methyl sites for hydroxylation is 1. The van der Waals surface area contributed by atoms with E-state index in [1.165, 1.54) is 12.1 Å². The predicted molar refractivity (Wildman–Crippen MR) is 113 cm³/mol. The molecule has 1 unspecified atom stereocenters. The molecule has 0 aromatic heterocycles. The molecule has 0 saturated heterocycles. The second-order valence-electron chi connectivity index (χ2n) is 8.92. The molecule has 0 heterocycles. The molecule has 2 aromatic rings. The normalized spacial score (nSPS) is 14.2. The molecule has 154 valence electrons. The molecule has 0 bridgehead atoms. The van der Waals surface area contributed by atoms with E-state index in [0.29, 0.717) is 0 Å². The Bertz CT molecular complexity index is 802. The predicted octanol–water partition coefficient (Wildman–Crippen LogP) is 8.15. The van der Waals surface area contributed by atoms with Crippen molar-refractivity contribution in [3.63, 3.8) is 0 Å². The van der Waals surface area contributed by atoms with Crippen LogP contribution in [0.15, 0.2) is 42.5 Å². The van der Waals surface area contributed by atoms with Crippen LogP contribution in [-0.2, 0) is 10.6 Å². The quantitative estimate of drug-likeness (QED) is 0.453. The van der Waals surface area contributed by atoms with Crippen LogP contribution < -0.4 is 0 Å². The van der Waals surface area contributed by atoms with E-state index in [1.54, 1.807) is 0 Å². The first-order valence-corrected chi connectivity index (χ1v) is 12.6. The monoisotopic (exact) mass is 408 g/mol. The average molecular weight is 409 g/mol. The molecule has 0 amide bonds. The van der Waals surface area contributed by atoms with Crippen LogP contribution in [-0.4, -0.2) is 8.32 Å². The smallest absolute Gasteiger partial charge is 0.410 e. The van der Waals surface area contributed by atoms with Crippen molar-refractivity contribution in [1.29, 1.82) is 0 Å². The Kier molecular flexibility index (Phi) is 6.51. The van der Waals surface area contributed by atoms with Crippen LogP contribution in [0, 0.1) is 6.92 Å². The highest BCUT2D eigenvalue weighted by molar-refractivity contribution is 6.74. The Morgan fingerprint density at radius 2 is 1.46 bits per heavy atom. The average Bonchev–Trinajstić information content (AvgIpc) is 2.59. The zero-order valence-corrected chi connectivity index (χ0v) is 18.9. The lowest BCUT2D eigenvalue weighted by molar-refractivity contribution is -0.137. The molecule has 0 radical (unpaired) electrons. The highest BCUT2D eigenvalue weighted by Crippen LogP contribution is 2.41. The van der Waals surface area contributed by atoms with Crippen molar-refractivity contribution in [2.24, 2.45) is 0 Å². The summed E-state index contributed by atoms with van der Waals surface area (Å²) >= 11 is 0. The van der Waals surface area contributed by atoms with Crippen LogP contribution in [0.25, 0.3) is 11.1 Å². The fourth-order valence-electron chi connectivity index (χ4n) is 2.92. The highest BCUT2D eigenvalue weighted by Gasteiger charge is 2.39. The minimum absolute atomic E-state index is 0.0182. The summed E-state index contributed by atoms with van der Waals surface area (Å²) in [6, 6.07) is 11.4. The Hall–Kier alpha value is -1.59. The third-order valence-corrected chi connectivity index (χ3v) is 10.3. The van der Waals surface area contributed by atoms with Crippen molar-refractivity contribution in [3.8, 4) is 11.1 Å². The van der Waals surface area contributed by atoms with Crippen molar-refractivity contribution in [2.75, 3.05) is 0 Å². The van der Waals surface area contributed by atoms with Crippen molar-refractivity contribution < 1.29 is 17.6 Å². The summed E-state index contributed by atoms with van der Waals surface area (Å²) in [6.45, 7) is 15.3. The van der Waals surface area contributed by atoms with Crippen LogP contribution in [0.2, 0.25) is 18.1 Å². The number of halogens is 3. The molecule has 0 spiro atoms. The van der Waals surface area contributed by atoms with Gasteiger partial charge in [-0.3, -0.25) is 0 Å². The summed E-state index contributed by atoms with van der Waals surface area (Å²) in [5.74, 6) is 0. The highest BCUT2D eigenvalue weighted by atomic mass is 28.4. The van der Waals surface area contributed by atoms with E-state index < -0.39 is 20.1 Å². The van der Waals surface area contributed by atoms with Gasteiger partial charge in [0.1, 0.15) is 0 Å². The summed E-state index contributed by atoms with van der Waals surface area (Å²) < 4.78 is 45.2. The maximum Gasteiger partial charge on any atom is 0.416 e. The Morgan fingerprint density at radius 3 is 1.93 bits per heavy atom. The Morgan fingerprint density at radius 1 is 0.929 bits per heavy atom. The van der Waals surface area contributed by atoms with Crippen molar-refractivity contribution in [1.82, 2.24) is 0 Å². The zero-order valence-electron chi connectivity index (χ0n) is 17.9. The van der Waals surface area contributed by atoms with Gasteiger partial charge in [-0.25, -0.2) is 0 Å². The topological polar surface area (TPSA) is 9.23 Å². The third-order valence-electron chi connectivity index (χ3n) is 5.79. The Labute approximate surface area is 168 Å². The van der Waals surface area contributed by atoms with E-state index in [4.69, 9.17) is 4.43 Å². The number of alkyl halides is 3. The molecular weight excluding hydrogens is 377 g/mol. The first-order chi connectivity index (χ1) is 12.8. The van der Waals surface area contributed by atoms with E-state index in [2.05, 4.69) is 53.8 Å². The molecule has 0 aliphatic heterocycles. The lowest BCUT2D eigenvalue weighted by Gasteiger charge is -2.39. The van der Waals surface area contributed by atoms with Gasteiger partial charge >= 0.3 is 6.18 Å². The second-order valence-corrected chi connectivity index (χ2v) is 13.7. The van der Waals surface area contributed by atoms with E-state index in [-0.39, 0.29) is 11.1 Å². The van der Waals surface area contributed by atoms with Gasteiger partial charge in [0.05, 0.1) is 11.7 Å². The molecule has 2 rings (SSSR count). The fraction of sp³-hybridized carbons (Fsp3) is 0.478. The second kappa shape index (κ2) is 8.03. The fourth-order valence-corrected chi connectivity index (χ4v) is 4.28. The van der Waals surface area contributed by atoms with Gasteiger partial charge in [-0.2, -0.15) is 13.2 Å². The van der Waals surface area contributed by atoms with Crippen molar-refractivity contribution in [3.05, 3.63) is 59.2 Å². The standard InChI is InChI=1S/C23H31F3OSi/c1-8-21(27-28(6,7)22(3,4)5)20-15-18(10-9-16(20)2)17-11-13-19(14-12-17)23(24,25)26/h9-15,21H,8H2,1-7H3. The molecular formula is C23H31F3OSi. The van der Waals surface area contributed by atoms with E-state index >= 15 is 0 Å². The third kappa shape index (κ3) is 5.06. The summed E-state index contributed by atoms with van der Waals surface area (Å²) in [5.41, 5.74) is 3.31. The molecule has 0 fully saturated rings. The number of rotatable bonds is 5. The van der Waals surface area contributed by atoms with Gasteiger partial charge in [0, 0.05) is 0 Å². The summed E-state index contributed by atoms with van der Waals surface area (Å²) in [7, 11) is -1.94. The maximum atomic E-state index is 12.8. The molecule has 0 saturated carbocycles. The van der Waals surface area contributed by atoms with Gasteiger partial charge < -0.3 is 4.43 Å². The van der Waals surface area contributed by atoms with Gasteiger partial charge in [0.2, 0.25) is 0 Å². The first kappa shape index (κ1) is 22.7. The lowest BCUT2D eigenvalue weighted by atomic mass is 9.95. The largest absolute Gasteiger partial charge is 0.416 e. The van der Waals surface area contributed by atoms with Gasteiger partial charge in [-0.05, 0) is 71.9 Å². The minimum atomic E-state index is -4.32. The number of hydrogen-bond acceptors (Lipinski definition) is 1. The van der Waals surface area contributed by atoms with Crippen LogP contribution in [0.5, 0.6) is 0 Å². The first-order valence-electron chi connectivity index (χ1n) is 9.72. The number of benzene rings is 2. The molecule has 5 heteroatoms. The van der Waals surface area contributed by atoms with E-state index in [0.717, 1.165) is 40.8 Å². The summed E-state index contributed by atoms with van der Waals surface area (Å²) in [5, 5.41) is 0.110. The molecule has 1 atom stereocenters. The van der Waals surface area contributed by atoms with Crippen molar-refractivity contribution in [2.45, 2.75) is 71.5 Å². The zero-order chi connectivity index (χ0) is 21.3. The molecule has 2 aromatic carbocycles. The Balaban J connectivity index is 2.39. The SMILES string of the molecule is CCC(O[Si](C)(C)C(C)(C)C)c1cc(-c2ccc(C(F)(F)F)cc2)ccc1C. The van der Waals surface area contributed by atoms with Crippen LogP contribution in [0.4, 0.5) is 13.2 Å². The lowest BCUT2D eigenvalue weighted by Crippen LogP contribution is -2.41.